The van der Waals surface area contributed by atoms with Crippen molar-refractivity contribution in [3.05, 3.63) is 48.5 Å². The van der Waals surface area contributed by atoms with Crippen LogP contribution in [0.1, 0.15) is 10.4 Å². The second kappa shape index (κ2) is 5.20. The van der Waals surface area contributed by atoms with Crippen molar-refractivity contribution >= 4 is 5.91 Å². The number of carbonyl (C=O) groups excluding carboxylic acids is 1. The third kappa shape index (κ3) is 2.53. The normalized spacial score (nSPS) is 10.6. The van der Waals surface area contributed by atoms with Crippen LogP contribution in [0.15, 0.2) is 43.0 Å². The van der Waals surface area contributed by atoms with Crippen LogP contribution in [-0.4, -0.2) is 49.6 Å². The quantitative estimate of drug-likeness (QED) is 0.786. The maximum absolute atomic E-state index is 11.8. The van der Waals surface area contributed by atoms with Gasteiger partial charge in [0, 0.05) is 37.6 Å². The lowest BCUT2D eigenvalue weighted by molar-refractivity contribution is 0.0827. The standard InChI is InChI=1S/C14H14N6O/c1-19(2)13(21)11-5-3-10(4-6-11)12-16-14(18-17-12)20-8-7-15-9-20/h3-9H,1-2H3,(H,16,17,18). The fourth-order valence-corrected chi connectivity index (χ4v) is 1.90. The van der Waals surface area contributed by atoms with E-state index in [1.165, 1.54) is 0 Å². The fourth-order valence-electron chi connectivity index (χ4n) is 1.90. The van der Waals surface area contributed by atoms with Crippen molar-refractivity contribution in [3.8, 4) is 17.3 Å². The molecule has 0 unspecified atom stereocenters. The van der Waals surface area contributed by atoms with Gasteiger partial charge in [-0.1, -0.05) is 12.1 Å². The van der Waals surface area contributed by atoms with Gasteiger partial charge in [-0.15, -0.1) is 5.10 Å². The van der Waals surface area contributed by atoms with Crippen LogP contribution in [0.2, 0.25) is 0 Å². The van der Waals surface area contributed by atoms with Crippen molar-refractivity contribution in [1.82, 2.24) is 29.6 Å². The molecule has 7 nitrogen and oxygen atoms in total. The SMILES string of the molecule is CN(C)C(=O)c1ccc(-c2nc(-n3ccnc3)n[nH]2)cc1. The summed E-state index contributed by atoms with van der Waals surface area (Å²) in [6.45, 7) is 0. The molecule has 21 heavy (non-hydrogen) atoms. The molecular formula is C14H14N6O. The zero-order valence-corrected chi connectivity index (χ0v) is 11.7. The Morgan fingerprint density at radius 3 is 2.62 bits per heavy atom. The number of nitrogens with one attached hydrogen (secondary N) is 1. The van der Waals surface area contributed by atoms with E-state index in [-0.39, 0.29) is 5.91 Å². The van der Waals surface area contributed by atoms with E-state index in [4.69, 9.17) is 0 Å². The van der Waals surface area contributed by atoms with Gasteiger partial charge in [0.05, 0.1) is 0 Å². The van der Waals surface area contributed by atoms with Crippen molar-refractivity contribution in [2.75, 3.05) is 14.1 Å². The van der Waals surface area contributed by atoms with Crippen molar-refractivity contribution in [3.63, 3.8) is 0 Å². The van der Waals surface area contributed by atoms with Gasteiger partial charge in [-0.2, -0.15) is 4.98 Å². The van der Waals surface area contributed by atoms with Crippen LogP contribution in [-0.2, 0) is 0 Å². The predicted molar refractivity (Wildman–Crippen MR) is 77.0 cm³/mol. The highest BCUT2D eigenvalue weighted by Crippen LogP contribution is 2.17. The van der Waals surface area contributed by atoms with Gasteiger partial charge in [0.1, 0.15) is 6.33 Å². The van der Waals surface area contributed by atoms with Gasteiger partial charge in [0.15, 0.2) is 5.82 Å². The maximum atomic E-state index is 11.8. The van der Waals surface area contributed by atoms with Gasteiger partial charge >= 0.3 is 0 Å². The number of hydrogen-bond donors (Lipinski definition) is 1. The zero-order chi connectivity index (χ0) is 14.8. The molecule has 2 aromatic heterocycles. The Hall–Kier alpha value is -2.96. The highest BCUT2D eigenvalue weighted by atomic mass is 16.2. The first-order valence-electron chi connectivity index (χ1n) is 6.38. The molecule has 0 aliphatic rings. The maximum Gasteiger partial charge on any atom is 0.254 e. The topological polar surface area (TPSA) is 79.7 Å². The second-order valence-electron chi connectivity index (χ2n) is 4.73. The Bertz CT molecular complexity index is 742. The summed E-state index contributed by atoms with van der Waals surface area (Å²) in [5, 5.41) is 7.01. The summed E-state index contributed by atoms with van der Waals surface area (Å²) < 4.78 is 1.71. The number of rotatable bonds is 3. The lowest BCUT2D eigenvalue weighted by Crippen LogP contribution is -2.21. The number of imidazole rings is 1. The minimum absolute atomic E-state index is 0.0294. The minimum atomic E-state index is -0.0294. The Morgan fingerprint density at radius 1 is 1.24 bits per heavy atom. The fraction of sp³-hybridized carbons (Fsp3) is 0.143. The van der Waals surface area contributed by atoms with Gasteiger partial charge in [-0.3, -0.25) is 14.5 Å². The summed E-state index contributed by atoms with van der Waals surface area (Å²) in [6, 6.07) is 7.23. The Labute approximate surface area is 121 Å². The average Bonchev–Trinajstić information content (AvgIpc) is 3.17. The van der Waals surface area contributed by atoms with Gasteiger partial charge in [0.25, 0.3) is 11.9 Å². The summed E-state index contributed by atoms with van der Waals surface area (Å²) in [7, 11) is 3.45. The molecule has 106 valence electrons. The van der Waals surface area contributed by atoms with E-state index in [0.29, 0.717) is 17.3 Å². The van der Waals surface area contributed by atoms with E-state index in [1.54, 1.807) is 54.4 Å². The Morgan fingerprint density at radius 2 is 2.00 bits per heavy atom. The van der Waals surface area contributed by atoms with Crippen LogP contribution in [0.4, 0.5) is 0 Å². The molecule has 1 N–H and O–H groups in total. The molecule has 7 heteroatoms. The van der Waals surface area contributed by atoms with E-state index in [9.17, 15) is 4.79 Å². The minimum Gasteiger partial charge on any atom is -0.345 e. The number of H-pyrrole nitrogens is 1. The smallest absolute Gasteiger partial charge is 0.254 e. The molecule has 0 atom stereocenters. The third-order valence-corrected chi connectivity index (χ3v) is 3.02. The van der Waals surface area contributed by atoms with Crippen LogP contribution >= 0.6 is 0 Å². The van der Waals surface area contributed by atoms with Gasteiger partial charge in [-0.05, 0) is 12.1 Å². The molecule has 2 heterocycles. The van der Waals surface area contributed by atoms with E-state index < -0.39 is 0 Å². The lowest BCUT2D eigenvalue weighted by Gasteiger charge is -2.09. The zero-order valence-electron chi connectivity index (χ0n) is 11.7. The van der Waals surface area contributed by atoms with Crippen LogP contribution in [0.25, 0.3) is 17.3 Å². The summed E-state index contributed by atoms with van der Waals surface area (Å²) in [4.78, 5) is 21.7. The summed E-state index contributed by atoms with van der Waals surface area (Å²) in [5.74, 6) is 1.14. The summed E-state index contributed by atoms with van der Waals surface area (Å²) >= 11 is 0. The number of carbonyl (C=O) groups is 1. The van der Waals surface area contributed by atoms with Crippen molar-refractivity contribution in [2.24, 2.45) is 0 Å². The number of aromatic nitrogens is 5. The van der Waals surface area contributed by atoms with Gasteiger partial charge in [-0.25, -0.2) is 4.98 Å². The monoisotopic (exact) mass is 282 g/mol. The molecular weight excluding hydrogens is 268 g/mol. The lowest BCUT2D eigenvalue weighted by atomic mass is 10.1. The largest absolute Gasteiger partial charge is 0.345 e. The van der Waals surface area contributed by atoms with Crippen LogP contribution in [0, 0.1) is 0 Å². The molecule has 1 amide bonds. The van der Waals surface area contributed by atoms with E-state index in [1.807, 2.05) is 12.1 Å². The Kier molecular flexibility index (Phi) is 3.23. The van der Waals surface area contributed by atoms with E-state index in [0.717, 1.165) is 5.56 Å². The number of benzene rings is 1. The Balaban J connectivity index is 1.86. The van der Waals surface area contributed by atoms with Crippen LogP contribution in [0.3, 0.4) is 0 Å². The third-order valence-electron chi connectivity index (χ3n) is 3.02. The molecule has 0 bridgehead atoms. The first-order valence-corrected chi connectivity index (χ1v) is 6.38. The van der Waals surface area contributed by atoms with E-state index in [2.05, 4.69) is 20.2 Å². The van der Waals surface area contributed by atoms with Crippen molar-refractivity contribution in [2.45, 2.75) is 0 Å². The second-order valence-corrected chi connectivity index (χ2v) is 4.73. The molecule has 0 fully saturated rings. The molecule has 3 aromatic rings. The highest BCUT2D eigenvalue weighted by molar-refractivity contribution is 5.94. The van der Waals surface area contributed by atoms with Crippen molar-refractivity contribution in [1.29, 1.82) is 0 Å². The molecule has 0 saturated heterocycles. The summed E-state index contributed by atoms with van der Waals surface area (Å²) in [5.41, 5.74) is 1.50. The molecule has 0 spiro atoms. The molecule has 3 rings (SSSR count). The molecule has 0 aliphatic heterocycles. The number of hydrogen-bond acceptors (Lipinski definition) is 4. The molecule has 1 aromatic carbocycles. The van der Waals surface area contributed by atoms with E-state index >= 15 is 0 Å². The first-order chi connectivity index (χ1) is 10.1. The number of amides is 1. The number of aromatic amines is 1. The van der Waals surface area contributed by atoms with Gasteiger partial charge in [0.2, 0.25) is 0 Å². The average molecular weight is 282 g/mol. The molecule has 0 saturated carbocycles. The first kappa shape index (κ1) is 13.0. The summed E-state index contributed by atoms with van der Waals surface area (Å²) in [6.07, 6.45) is 5.06. The van der Waals surface area contributed by atoms with Crippen LogP contribution < -0.4 is 0 Å². The predicted octanol–water partition coefficient (Wildman–Crippen LogP) is 1.36. The van der Waals surface area contributed by atoms with Crippen LogP contribution in [0.5, 0.6) is 0 Å². The molecule has 0 aliphatic carbocycles. The van der Waals surface area contributed by atoms with Gasteiger partial charge < -0.3 is 4.90 Å². The molecule has 0 radical (unpaired) electrons. The number of nitrogens with zero attached hydrogens (tertiary/aromatic N) is 5. The highest BCUT2D eigenvalue weighted by Gasteiger charge is 2.10. The van der Waals surface area contributed by atoms with Crippen molar-refractivity contribution < 1.29 is 4.79 Å².